The molecule has 1 aromatic rings. The topological polar surface area (TPSA) is 22.1 Å². The Hall–Kier alpha value is -0.570. The number of unbranched alkanes of at least 4 members (excludes halogenated alkanes) is 3. The molecule has 0 N–H and O–H groups in total. The third kappa shape index (κ3) is 4.61. The van der Waals surface area contributed by atoms with Crippen molar-refractivity contribution in [3.63, 3.8) is 0 Å². The van der Waals surface area contributed by atoms with Crippen molar-refractivity contribution in [3.8, 4) is 5.88 Å². The van der Waals surface area contributed by atoms with Gasteiger partial charge in [0, 0.05) is 16.7 Å². The highest BCUT2D eigenvalue weighted by Gasteiger charge is 1.94. The second-order valence-electron chi connectivity index (χ2n) is 3.22. The number of halogens is 1. The van der Waals surface area contributed by atoms with E-state index in [9.17, 15) is 0 Å². The smallest absolute Gasteiger partial charge is 0.213 e. The summed E-state index contributed by atoms with van der Waals surface area (Å²) in [7, 11) is 0. The Morgan fingerprint density at radius 3 is 2.79 bits per heavy atom. The van der Waals surface area contributed by atoms with Gasteiger partial charge in [0.2, 0.25) is 5.88 Å². The molecule has 0 aliphatic carbocycles. The molecule has 0 unspecified atom stereocenters. The van der Waals surface area contributed by atoms with Crippen molar-refractivity contribution in [2.75, 3.05) is 6.61 Å². The molecule has 2 nitrogen and oxygen atoms in total. The molecule has 0 aliphatic rings. The van der Waals surface area contributed by atoms with Crippen LogP contribution in [-0.4, -0.2) is 11.6 Å². The Morgan fingerprint density at radius 2 is 2.14 bits per heavy atom. The lowest BCUT2D eigenvalue weighted by Gasteiger charge is -2.04. The van der Waals surface area contributed by atoms with Crippen molar-refractivity contribution in [3.05, 3.63) is 22.8 Å². The number of pyridine rings is 1. The first-order valence-corrected chi connectivity index (χ1v) is 5.86. The summed E-state index contributed by atoms with van der Waals surface area (Å²) in [6.45, 7) is 2.98. The molecule has 0 aromatic carbocycles. The van der Waals surface area contributed by atoms with E-state index < -0.39 is 0 Å². The van der Waals surface area contributed by atoms with Crippen LogP contribution in [0.5, 0.6) is 5.88 Å². The average molecular weight is 258 g/mol. The molecule has 0 amide bonds. The summed E-state index contributed by atoms with van der Waals surface area (Å²) < 4.78 is 6.46. The van der Waals surface area contributed by atoms with Gasteiger partial charge in [-0.1, -0.05) is 26.2 Å². The molecule has 78 valence electrons. The molecule has 0 radical (unpaired) electrons. The molecular formula is C11H16BrNO. The van der Waals surface area contributed by atoms with Crippen LogP contribution in [0.2, 0.25) is 0 Å². The molecular weight excluding hydrogens is 242 g/mol. The summed E-state index contributed by atoms with van der Waals surface area (Å²) in [4.78, 5) is 4.13. The largest absolute Gasteiger partial charge is 0.478 e. The van der Waals surface area contributed by atoms with Crippen LogP contribution in [0, 0.1) is 0 Å². The van der Waals surface area contributed by atoms with Gasteiger partial charge in [-0.05, 0) is 28.4 Å². The zero-order valence-electron chi connectivity index (χ0n) is 8.50. The molecule has 0 aliphatic heterocycles. The Bertz CT molecular complexity index is 248. The molecule has 0 saturated carbocycles. The van der Waals surface area contributed by atoms with Gasteiger partial charge >= 0.3 is 0 Å². The van der Waals surface area contributed by atoms with Gasteiger partial charge in [0.25, 0.3) is 0 Å². The maximum absolute atomic E-state index is 5.48. The second kappa shape index (κ2) is 6.82. The molecule has 1 aromatic heterocycles. The third-order valence-corrected chi connectivity index (χ3v) is 2.42. The van der Waals surface area contributed by atoms with Crippen LogP contribution in [0.15, 0.2) is 22.8 Å². The fourth-order valence-corrected chi connectivity index (χ4v) is 1.39. The minimum Gasteiger partial charge on any atom is -0.478 e. The van der Waals surface area contributed by atoms with E-state index in [0.717, 1.165) is 17.5 Å². The minimum atomic E-state index is 0.713. The minimum absolute atomic E-state index is 0.713. The number of hydrogen-bond acceptors (Lipinski definition) is 2. The fourth-order valence-electron chi connectivity index (χ4n) is 1.15. The molecule has 0 bridgehead atoms. The van der Waals surface area contributed by atoms with Crippen LogP contribution in [0.25, 0.3) is 0 Å². The predicted octanol–water partition coefficient (Wildman–Crippen LogP) is 3.80. The molecule has 0 spiro atoms. The monoisotopic (exact) mass is 257 g/mol. The van der Waals surface area contributed by atoms with Gasteiger partial charge in [-0.25, -0.2) is 4.98 Å². The van der Waals surface area contributed by atoms with Gasteiger partial charge in [0.15, 0.2) is 0 Å². The molecule has 0 fully saturated rings. The maximum atomic E-state index is 5.48. The summed E-state index contributed by atoms with van der Waals surface area (Å²) in [6.07, 6.45) is 6.66. The Kier molecular flexibility index (Phi) is 5.60. The third-order valence-electron chi connectivity index (χ3n) is 1.95. The van der Waals surface area contributed by atoms with Gasteiger partial charge < -0.3 is 4.74 Å². The van der Waals surface area contributed by atoms with Crippen molar-refractivity contribution in [1.29, 1.82) is 0 Å². The van der Waals surface area contributed by atoms with Crippen LogP contribution >= 0.6 is 15.9 Å². The Balaban J connectivity index is 2.15. The summed E-state index contributed by atoms with van der Waals surface area (Å²) in [5.41, 5.74) is 0. The number of rotatable bonds is 6. The Labute approximate surface area is 93.8 Å². The van der Waals surface area contributed by atoms with Crippen LogP contribution in [0.1, 0.15) is 32.6 Å². The predicted molar refractivity (Wildman–Crippen MR) is 61.6 cm³/mol. The highest BCUT2D eigenvalue weighted by molar-refractivity contribution is 9.10. The first kappa shape index (κ1) is 11.5. The molecule has 1 heterocycles. The van der Waals surface area contributed by atoms with Crippen LogP contribution < -0.4 is 4.74 Å². The van der Waals surface area contributed by atoms with E-state index in [1.807, 2.05) is 12.1 Å². The van der Waals surface area contributed by atoms with Crippen molar-refractivity contribution < 1.29 is 4.74 Å². The first-order valence-electron chi connectivity index (χ1n) is 5.07. The Morgan fingerprint density at radius 1 is 1.29 bits per heavy atom. The van der Waals surface area contributed by atoms with E-state index in [2.05, 4.69) is 27.8 Å². The van der Waals surface area contributed by atoms with E-state index in [1.165, 1.54) is 19.3 Å². The summed E-state index contributed by atoms with van der Waals surface area (Å²) in [6, 6.07) is 3.82. The number of hydrogen-bond donors (Lipinski definition) is 0. The number of nitrogens with zero attached hydrogens (tertiary/aromatic N) is 1. The molecule has 3 heteroatoms. The lowest BCUT2D eigenvalue weighted by atomic mass is 10.2. The van der Waals surface area contributed by atoms with Crippen LogP contribution in [0.3, 0.4) is 0 Å². The maximum Gasteiger partial charge on any atom is 0.213 e. The van der Waals surface area contributed by atoms with Gasteiger partial charge in [0.05, 0.1) is 6.61 Å². The number of ether oxygens (including phenoxy) is 1. The molecule has 14 heavy (non-hydrogen) atoms. The fraction of sp³-hybridized carbons (Fsp3) is 0.545. The van der Waals surface area contributed by atoms with Crippen molar-refractivity contribution >= 4 is 15.9 Å². The highest BCUT2D eigenvalue weighted by atomic mass is 79.9. The van der Waals surface area contributed by atoms with Gasteiger partial charge in [-0.2, -0.15) is 0 Å². The summed E-state index contributed by atoms with van der Waals surface area (Å²) in [5.74, 6) is 0.713. The van der Waals surface area contributed by atoms with E-state index in [1.54, 1.807) is 6.20 Å². The van der Waals surface area contributed by atoms with Crippen molar-refractivity contribution in [2.24, 2.45) is 0 Å². The summed E-state index contributed by atoms with van der Waals surface area (Å²) in [5, 5.41) is 0. The van der Waals surface area contributed by atoms with Gasteiger partial charge in [0.1, 0.15) is 0 Å². The van der Waals surface area contributed by atoms with Crippen molar-refractivity contribution in [2.45, 2.75) is 32.6 Å². The average Bonchev–Trinajstić information content (AvgIpc) is 2.21. The standard InChI is InChI=1S/C11H16BrNO/c1-2-3-4-5-8-14-11-7-6-10(12)9-13-11/h6-7,9H,2-5,8H2,1H3. The van der Waals surface area contributed by atoms with Crippen LogP contribution in [-0.2, 0) is 0 Å². The van der Waals surface area contributed by atoms with Crippen molar-refractivity contribution in [1.82, 2.24) is 4.98 Å². The first-order chi connectivity index (χ1) is 6.83. The SMILES string of the molecule is CCCCCCOc1ccc(Br)cn1. The van der Waals surface area contributed by atoms with E-state index in [4.69, 9.17) is 4.74 Å². The number of aromatic nitrogens is 1. The molecule has 1 rings (SSSR count). The molecule has 0 saturated heterocycles. The van der Waals surface area contributed by atoms with Gasteiger partial charge in [-0.3, -0.25) is 0 Å². The zero-order chi connectivity index (χ0) is 10.2. The lowest BCUT2D eigenvalue weighted by molar-refractivity contribution is 0.294. The van der Waals surface area contributed by atoms with E-state index in [-0.39, 0.29) is 0 Å². The van der Waals surface area contributed by atoms with Crippen LogP contribution in [0.4, 0.5) is 0 Å². The summed E-state index contributed by atoms with van der Waals surface area (Å²) >= 11 is 3.33. The molecule has 0 atom stereocenters. The van der Waals surface area contributed by atoms with E-state index >= 15 is 0 Å². The highest BCUT2D eigenvalue weighted by Crippen LogP contribution is 2.12. The zero-order valence-corrected chi connectivity index (χ0v) is 10.1. The normalized spacial score (nSPS) is 10.1. The lowest BCUT2D eigenvalue weighted by Crippen LogP contribution is -1.98. The quantitative estimate of drug-likeness (QED) is 0.724. The van der Waals surface area contributed by atoms with Gasteiger partial charge in [-0.15, -0.1) is 0 Å². The second-order valence-corrected chi connectivity index (χ2v) is 4.14. The van der Waals surface area contributed by atoms with E-state index in [0.29, 0.717) is 5.88 Å².